The number of pyridine rings is 2. The van der Waals surface area contributed by atoms with E-state index in [0.717, 1.165) is 54.2 Å². The van der Waals surface area contributed by atoms with Crippen molar-refractivity contribution in [3.05, 3.63) is 59.1 Å². The Balaban J connectivity index is 1.43. The van der Waals surface area contributed by atoms with Gasteiger partial charge in [0.1, 0.15) is 5.82 Å². The number of nitrogens with zero attached hydrogens (tertiary/aromatic N) is 6. The van der Waals surface area contributed by atoms with Gasteiger partial charge < -0.3 is 20.6 Å². The van der Waals surface area contributed by atoms with Gasteiger partial charge in [0.25, 0.3) is 0 Å². The van der Waals surface area contributed by atoms with Gasteiger partial charge in [-0.1, -0.05) is 17.7 Å². The van der Waals surface area contributed by atoms with Crippen LogP contribution in [0.25, 0.3) is 16.8 Å². The molecule has 10 heteroatoms. The first-order valence-electron chi connectivity index (χ1n) is 11.2. The van der Waals surface area contributed by atoms with E-state index in [2.05, 4.69) is 35.6 Å². The second-order valence-corrected chi connectivity index (χ2v) is 9.31. The third kappa shape index (κ3) is 4.29. The van der Waals surface area contributed by atoms with Crippen molar-refractivity contribution in [2.75, 3.05) is 36.4 Å². The maximum atomic E-state index is 10.5. The second kappa shape index (κ2) is 8.83. The Labute approximate surface area is 202 Å². The summed E-state index contributed by atoms with van der Waals surface area (Å²) in [5, 5.41) is 21.9. The Morgan fingerprint density at radius 3 is 2.56 bits per heavy atom. The molecule has 4 aromatic heterocycles. The summed E-state index contributed by atoms with van der Waals surface area (Å²) in [6.45, 7) is 9.34. The topological polar surface area (TPSA) is 104 Å². The van der Waals surface area contributed by atoms with Gasteiger partial charge in [0.15, 0.2) is 0 Å². The minimum absolute atomic E-state index is 0.394. The summed E-state index contributed by atoms with van der Waals surface area (Å²) in [6, 6.07) is 7.80. The van der Waals surface area contributed by atoms with Crippen LogP contribution in [0.3, 0.4) is 0 Å². The minimum Gasteiger partial charge on any atom is -0.386 e. The molecule has 0 bridgehead atoms. The number of halogens is 1. The molecule has 176 valence electrons. The molecular formula is C24H27ClN8O. The van der Waals surface area contributed by atoms with Crippen molar-refractivity contribution < 1.29 is 5.11 Å². The average Bonchev–Trinajstić information content (AvgIpc) is 3.26. The van der Waals surface area contributed by atoms with E-state index in [1.54, 1.807) is 30.8 Å². The van der Waals surface area contributed by atoms with Gasteiger partial charge in [-0.3, -0.25) is 0 Å². The lowest BCUT2D eigenvalue weighted by atomic mass is 9.96. The summed E-state index contributed by atoms with van der Waals surface area (Å²) in [6.07, 6.45) is 5.16. The highest BCUT2D eigenvalue weighted by atomic mass is 35.5. The molecule has 1 saturated heterocycles. The lowest BCUT2D eigenvalue weighted by molar-refractivity contribution is 0.0773. The zero-order valence-electron chi connectivity index (χ0n) is 19.4. The van der Waals surface area contributed by atoms with Crippen molar-refractivity contribution in [1.29, 1.82) is 0 Å². The SMILES string of the molecule is Cc1c(C(C)(C)O)ccc2c(-c3nc(Nc4ccc(N5CCNCC5)cn4)ncc3Cl)cnn12. The molecule has 0 saturated carbocycles. The monoisotopic (exact) mass is 478 g/mol. The van der Waals surface area contributed by atoms with Crippen molar-refractivity contribution in [2.45, 2.75) is 26.4 Å². The van der Waals surface area contributed by atoms with Crippen LogP contribution in [0.15, 0.2) is 42.9 Å². The van der Waals surface area contributed by atoms with E-state index in [0.29, 0.717) is 22.5 Å². The van der Waals surface area contributed by atoms with Gasteiger partial charge >= 0.3 is 0 Å². The maximum Gasteiger partial charge on any atom is 0.228 e. The van der Waals surface area contributed by atoms with Crippen LogP contribution in [0.1, 0.15) is 25.1 Å². The first kappa shape index (κ1) is 22.5. The van der Waals surface area contributed by atoms with Crippen LogP contribution in [0.4, 0.5) is 17.5 Å². The molecule has 1 fully saturated rings. The van der Waals surface area contributed by atoms with Gasteiger partial charge in [-0.2, -0.15) is 5.10 Å². The fraction of sp³-hybridized carbons (Fsp3) is 0.333. The standard InChI is InChI=1S/C24H27ClN8O/c1-15-18(24(2,3)34)5-6-20-17(13-29-33(15)20)22-19(25)14-28-23(31-22)30-21-7-4-16(12-27-21)32-10-8-26-9-11-32/h4-7,12-14,26,34H,8-11H2,1-3H3,(H,27,28,30,31). The molecular weight excluding hydrogens is 452 g/mol. The van der Waals surface area contributed by atoms with Crippen LogP contribution < -0.4 is 15.5 Å². The highest BCUT2D eigenvalue weighted by Gasteiger charge is 2.22. The number of aromatic nitrogens is 5. The molecule has 0 atom stereocenters. The first-order chi connectivity index (χ1) is 16.3. The van der Waals surface area contributed by atoms with E-state index in [9.17, 15) is 5.11 Å². The molecule has 1 aliphatic heterocycles. The van der Waals surface area contributed by atoms with E-state index < -0.39 is 5.60 Å². The van der Waals surface area contributed by atoms with E-state index in [1.165, 1.54) is 0 Å². The summed E-state index contributed by atoms with van der Waals surface area (Å²) < 4.78 is 1.80. The predicted molar refractivity (Wildman–Crippen MR) is 134 cm³/mol. The lowest BCUT2D eigenvalue weighted by Crippen LogP contribution is -2.43. The molecule has 9 nitrogen and oxygen atoms in total. The zero-order valence-corrected chi connectivity index (χ0v) is 20.1. The maximum absolute atomic E-state index is 10.5. The Hall–Kier alpha value is -3.27. The number of rotatable bonds is 5. The molecule has 34 heavy (non-hydrogen) atoms. The van der Waals surface area contributed by atoms with Crippen LogP contribution in [0.5, 0.6) is 0 Å². The van der Waals surface area contributed by atoms with Crippen molar-refractivity contribution in [3.8, 4) is 11.3 Å². The average molecular weight is 479 g/mol. The molecule has 1 aliphatic rings. The minimum atomic E-state index is -0.971. The normalized spacial score (nSPS) is 14.6. The first-order valence-corrected chi connectivity index (χ1v) is 11.6. The summed E-state index contributed by atoms with van der Waals surface area (Å²) >= 11 is 6.49. The highest BCUT2D eigenvalue weighted by Crippen LogP contribution is 2.32. The van der Waals surface area contributed by atoms with Gasteiger partial charge in [0, 0.05) is 43.0 Å². The largest absolute Gasteiger partial charge is 0.386 e. The number of aryl methyl sites for hydroxylation is 1. The third-order valence-electron chi connectivity index (χ3n) is 6.05. The third-order valence-corrected chi connectivity index (χ3v) is 6.33. The Morgan fingerprint density at radius 1 is 1.06 bits per heavy atom. The number of piperazine rings is 1. The second-order valence-electron chi connectivity index (χ2n) is 8.90. The molecule has 0 spiro atoms. The summed E-state index contributed by atoms with van der Waals surface area (Å²) in [5.41, 5.74) is 3.98. The fourth-order valence-corrected chi connectivity index (χ4v) is 4.51. The van der Waals surface area contributed by atoms with Crippen LogP contribution >= 0.6 is 11.6 Å². The van der Waals surface area contributed by atoms with Gasteiger partial charge in [-0.15, -0.1) is 0 Å². The van der Waals surface area contributed by atoms with E-state index in [4.69, 9.17) is 11.6 Å². The van der Waals surface area contributed by atoms with E-state index >= 15 is 0 Å². The van der Waals surface area contributed by atoms with Gasteiger partial charge in [0.05, 0.1) is 46.1 Å². The summed E-state index contributed by atoms with van der Waals surface area (Å²) in [7, 11) is 0. The summed E-state index contributed by atoms with van der Waals surface area (Å²) in [4.78, 5) is 15.8. The molecule has 5 rings (SSSR count). The number of nitrogens with one attached hydrogen (secondary N) is 2. The molecule has 5 heterocycles. The quantitative estimate of drug-likeness (QED) is 0.400. The molecule has 3 N–H and O–H groups in total. The fourth-order valence-electron chi connectivity index (χ4n) is 4.31. The van der Waals surface area contributed by atoms with E-state index in [-0.39, 0.29) is 0 Å². The number of aliphatic hydroxyl groups is 1. The van der Waals surface area contributed by atoms with Crippen molar-refractivity contribution in [3.63, 3.8) is 0 Å². The van der Waals surface area contributed by atoms with Crippen LogP contribution in [-0.2, 0) is 5.60 Å². The number of anilines is 3. The predicted octanol–water partition coefficient (Wildman–Crippen LogP) is 3.53. The van der Waals surface area contributed by atoms with Crippen LogP contribution in [0.2, 0.25) is 5.02 Å². The van der Waals surface area contributed by atoms with Crippen molar-refractivity contribution in [2.24, 2.45) is 0 Å². The van der Waals surface area contributed by atoms with Crippen LogP contribution in [-0.4, -0.2) is 55.9 Å². The lowest BCUT2D eigenvalue weighted by Gasteiger charge is -2.29. The van der Waals surface area contributed by atoms with Gasteiger partial charge in [0.2, 0.25) is 5.95 Å². The van der Waals surface area contributed by atoms with Crippen molar-refractivity contribution >= 4 is 34.6 Å². The molecule has 0 aromatic carbocycles. The number of hydrogen-bond acceptors (Lipinski definition) is 8. The number of hydrogen-bond donors (Lipinski definition) is 3. The van der Waals surface area contributed by atoms with Gasteiger partial charge in [-0.05, 0) is 39.0 Å². The Morgan fingerprint density at radius 2 is 1.85 bits per heavy atom. The Bertz CT molecular complexity index is 1320. The van der Waals surface area contributed by atoms with Gasteiger partial charge in [-0.25, -0.2) is 19.5 Å². The molecule has 4 aromatic rings. The molecule has 0 amide bonds. The van der Waals surface area contributed by atoms with Crippen LogP contribution in [0, 0.1) is 6.92 Å². The summed E-state index contributed by atoms with van der Waals surface area (Å²) in [5.74, 6) is 1.05. The zero-order chi connectivity index (χ0) is 23.9. The smallest absolute Gasteiger partial charge is 0.228 e. The molecule has 0 unspecified atom stereocenters. The highest BCUT2D eigenvalue weighted by molar-refractivity contribution is 6.33. The molecule has 0 radical (unpaired) electrons. The van der Waals surface area contributed by atoms with E-state index in [1.807, 2.05) is 37.4 Å². The van der Waals surface area contributed by atoms with Crippen molar-refractivity contribution in [1.82, 2.24) is 29.9 Å². The number of fused-ring (bicyclic) bond motifs is 1. The Kier molecular flexibility index (Phi) is 5.85. The molecule has 0 aliphatic carbocycles.